The average Bonchev–Trinajstić information content (AvgIpc) is 3.87. The second-order valence-corrected chi connectivity index (χ2v) is 16.2. The van der Waals surface area contributed by atoms with Crippen LogP contribution < -0.4 is 5.32 Å². The molecule has 0 radical (unpaired) electrons. The first-order chi connectivity index (χ1) is 25.3. The first-order valence-corrected chi connectivity index (χ1v) is 19.4. The number of thiophene rings is 1. The van der Waals surface area contributed by atoms with Crippen molar-refractivity contribution >= 4 is 110 Å². The number of anilines is 1. The van der Waals surface area contributed by atoms with Gasteiger partial charge < -0.3 is 9.73 Å². The van der Waals surface area contributed by atoms with E-state index < -0.39 is 0 Å². The van der Waals surface area contributed by atoms with Gasteiger partial charge in [-0.2, -0.15) is 0 Å². The number of hydrogen-bond acceptors (Lipinski definition) is 6. The van der Waals surface area contributed by atoms with E-state index in [1.165, 1.54) is 66.8 Å². The molecule has 2 aliphatic heterocycles. The third-order valence-electron chi connectivity index (χ3n) is 10.3. The lowest BCUT2D eigenvalue weighted by atomic mass is 10.00. The van der Waals surface area contributed by atoms with Crippen molar-refractivity contribution in [2.45, 2.75) is 25.7 Å². The molecule has 51 heavy (non-hydrogen) atoms. The number of benzene rings is 7. The summed E-state index contributed by atoms with van der Waals surface area (Å²) in [4.78, 5) is 10.8. The predicted octanol–water partition coefficient (Wildman–Crippen LogP) is 13.1. The summed E-state index contributed by atoms with van der Waals surface area (Å²) in [6, 6.07) is 50.1. The Morgan fingerprint density at radius 3 is 2.16 bits per heavy atom. The van der Waals surface area contributed by atoms with Gasteiger partial charge in [-0.25, -0.2) is 4.99 Å². The summed E-state index contributed by atoms with van der Waals surface area (Å²) in [7, 11) is 0. The lowest BCUT2D eigenvalue weighted by molar-refractivity contribution is 0.594. The van der Waals surface area contributed by atoms with E-state index in [9.17, 15) is 0 Å². The van der Waals surface area contributed by atoms with E-state index >= 15 is 0 Å². The normalized spacial score (nSPS) is 15.4. The maximum absolute atomic E-state index is 6.82. The summed E-state index contributed by atoms with van der Waals surface area (Å²) >= 11 is 5.55. The van der Waals surface area contributed by atoms with E-state index in [2.05, 4.69) is 143 Å². The number of para-hydroxylation sites is 2. The second kappa shape index (κ2) is 10.5. The maximum atomic E-state index is 6.82. The number of fused-ring (bicyclic) bond motifs is 15. The first-order valence-electron chi connectivity index (χ1n) is 17.0. The van der Waals surface area contributed by atoms with Crippen molar-refractivity contribution in [2.24, 2.45) is 4.99 Å². The van der Waals surface area contributed by atoms with E-state index in [4.69, 9.17) is 9.41 Å². The fraction of sp³-hybridized carbons (Fsp3) is 0.0227. The smallest absolute Gasteiger partial charge is 0.194 e. The molecule has 3 aromatic heterocycles. The summed E-state index contributed by atoms with van der Waals surface area (Å²) in [6.07, 6.45) is -0.340. The zero-order valence-corrected chi connectivity index (χ0v) is 29.3. The van der Waals surface area contributed by atoms with Crippen molar-refractivity contribution < 1.29 is 4.42 Å². The molecule has 1 N–H and O–H groups in total. The molecule has 2 aliphatic rings. The molecule has 0 fully saturated rings. The highest BCUT2D eigenvalue weighted by Crippen LogP contribution is 2.53. The third kappa shape index (κ3) is 3.91. The summed E-state index contributed by atoms with van der Waals surface area (Å²) in [5, 5.41) is 12.4. The summed E-state index contributed by atoms with van der Waals surface area (Å²) in [6.45, 7) is 0. The number of aliphatic imine (C=N–C) groups is 1. The Balaban J connectivity index is 1.22. The van der Waals surface area contributed by atoms with Crippen molar-refractivity contribution in [1.29, 1.82) is 0 Å². The maximum Gasteiger partial charge on any atom is 0.194 e. The highest BCUT2D eigenvalue weighted by Gasteiger charge is 2.34. The van der Waals surface area contributed by atoms with Crippen LogP contribution >= 0.6 is 34.9 Å². The monoisotopic (exact) mass is 707 g/mol. The molecule has 1 unspecified atom stereocenters. The molecule has 1 atom stereocenters. The molecule has 240 valence electrons. The number of nitrogens with one attached hydrogen (secondary N) is 1. The molecule has 4 nitrogen and oxygen atoms in total. The van der Waals surface area contributed by atoms with Gasteiger partial charge in [-0.15, -0.1) is 11.3 Å². The second-order valence-electron chi connectivity index (χ2n) is 13.1. The van der Waals surface area contributed by atoms with Crippen LogP contribution in [0.4, 0.5) is 5.69 Å². The molecule has 0 saturated heterocycles. The van der Waals surface area contributed by atoms with Crippen LogP contribution in [0.15, 0.2) is 169 Å². The molecule has 7 heteroatoms. The topological polar surface area (TPSA) is 42.5 Å². The molecular formula is C44H25N3OS3. The van der Waals surface area contributed by atoms with Crippen molar-refractivity contribution in [3.8, 4) is 0 Å². The van der Waals surface area contributed by atoms with Crippen LogP contribution in [-0.2, 0) is 0 Å². The van der Waals surface area contributed by atoms with Crippen LogP contribution in [-0.4, -0.2) is 10.4 Å². The molecule has 0 aliphatic carbocycles. The van der Waals surface area contributed by atoms with Gasteiger partial charge in [0.05, 0.1) is 16.7 Å². The van der Waals surface area contributed by atoms with Gasteiger partial charge in [-0.1, -0.05) is 121 Å². The van der Waals surface area contributed by atoms with Crippen LogP contribution in [0, 0.1) is 0 Å². The summed E-state index contributed by atoms with van der Waals surface area (Å²) in [5.74, 6) is 1.57. The summed E-state index contributed by atoms with van der Waals surface area (Å²) in [5.41, 5.74) is 5.26. The van der Waals surface area contributed by atoms with Crippen LogP contribution in [0.25, 0.3) is 63.7 Å². The predicted molar refractivity (Wildman–Crippen MR) is 215 cm³/mol. The minimum absolute atomic E-state index is 0.340. The third-order valence-corrected chi connectivity index (χ3v) is 14.1. The molecule has 0 amide bonds. The van der Waals surface area contributed by atoms with Gasteiger partial charge in [0.25, 0.3) is 0 Å². The van der Waals surface area contributed by atoms with Crippen LogP contribution in [0.5, 0.6) is 0 Å². The fourth-order valence-corrected chi connectivity index (χ4v) is 11.8. The molecular weight excluding hydrogens is 683 g/mol. The van der Waals surface area contributed by atoms with Gasteiger partial charge in [0.15, 0.2) is 11.6 Å². The van der Waals surface area contributed by atoms with E-state index in [1.807, 2.05) is 40.9 Å². The quantitative estimate of drug-likeness (QED) is 0.184. The van der Waals surface area contributed by atoms with E-state index in [0.717, 1.165) is 39.3 Å². The molecule has 7 aromatic carbocycles. The van der Waals surface area contributed by atoms with Crippen LogP contribution in [0.2, 0.25) is 0 Å². The zero-order valence-electron chi connectivity index (χ0n) is 26.9. The molecule has 0 bridgehead atoms. The van der Waals surface area contributed by atoms with Crippen molar-refractivity contribution in [3.63, 3.8) is 0 Å². The Hall–Kier alpha value is -5.47. The Kier molecular flexibility index (Phi) is 5.83. The molecule has 5 heterocycles. The van der Waals surface area contributed by atoms with Crippen molar-refractivity contribution in [3.05, 3.63) is 151 Å². The van der Waals surface area contributed by atoms with Gasteiger partial charge in [-0.05, 0) is 47.9 Å². The largest absolute Gasteiger partial charge is 0.451 e. The zero-order chi connectivity index (χ0) is 33.2. The van der Waals surface area contributed by atoms with E-state index in [-0.39, 0.29) is 6.17 Å². The van der Waals surface area contributed by atoms with Crippen LogP contribution in [0.3, 0.4) is 0 Å². The minimum atomic E-state index is -0.340. The number of rotatable bonds is 1. The lowest BCUT2D eigenvalue weighted by Gasteiger charge is -2.28. The SMILES string of the molecule is c1ccc2c(c1)Sc1cccc(C3N=C(n4c5ccccc5c5c6ccccc6c6sc7ccccc7c6c54)c4oc5ccccc5c4N3)c1S2. The van der Waals surface area contributed by atoms with Crippen molar-refractivity contribution in [1.82, 2.24) is 4.57 Å². The molecule has 0 spiro atoms. The fourth-order valence-electron chi connectivity index (χ4n) is 8.13. The highest BCUT2D eigenvalue weighted by molar-refractivity contribution is 8.05. The number of furan rings is 1. The van der Waals surface area contributed by atoms with Gasteiger partial charge in [0.1, 0.15) is 11.7 Å². The molecule has 10 aromatic rings. The Bertz CT molecular complexity index is 3150. The number of nitrogens with zero attached hydrogens (tertiary/aromatic N) is 2. The van der Waals surface area contributed by atoms with Gasteiger partial charge >= 0.3 is 0 Å². The Morgan fingerprint density at radius 1 is 0.588 bits per heavy atom. The van der Waals surface area contributed by atoms with Gasteiger partial charge in [0, 0.05) is 66.9 Å². The lowest BCUT2D eigenvalue weighted by Crippen LogP contribution is -2.24. The summed E-state index contributed by atoms with van der Waals surface area (Å²) < 4.78 is 11.8. The van der Waals surface area contributed by atoms with E-state index in [0.29, 0.717) is 0 Å². The number of hydrogen-bond donors (Lipinski definition) is 1. The minimum Gasteiger partial charge on any atom is -0.451 e. The molecule has 0 saturated carbocycles. The average molecular weight is 708 g/mol. The van der Waals surface area contributed by atoms with Gasteiger partial charge in [-0.3, -0.25) is 4.57 Å². The Labute approximate surface area is 304 Å². The van der Waals surface area contributed by atoms with Crippen LogP contribution in [0.1, 0.15) is 17.5 Å². The van der Waals surface area contributed by atoms with Gasteiger partial charge in [0.2, 0.25) is 0 Å². The Morgan fingerprint density at radius 2 is 1.27 bits per heavy atom. The van der Waals surface area contributed by atoms with E-state index in [1.54, 1.807) is 0 Å². The highest BCUT2D eigenvalue weighted by atomic mass is 32.2. The number of aromatic nitrogens is 1. The van der Waals surface area contributed by atoms with Crippen molar-refractivity contribution in [2.75, 3.05) is 5.32 Å². The standard InChI is InChI=1S/C44H25N3OS3/c1-2-13-25-24(12-1)36-26-14-3-6-18-30(26)47(39(36)37-28-16-5-8-20-32(28)50-42(25)37)44-40-38(27-15-4-7-19-31(27)48-40)45-43(46-44)29-17-11-23-35-41(29)51-34-22-10-9-21-33(34)49-35/h1-23,43,45H. The first kappa shape index (κ1) is 28.3. The molecule has 12 rings (SSSR count).